The normalized spacial score (nSPS) is 17.0. The molecular weight excluding hydrogens is 348 g/mol. The van der Waals surface area contributed by atoms with Crippen LogP contribution in [0.25, 0.3) is 9.88 Å². The molecule has 0 aliphatic heterocycles. The summed E-state index contributed by atoms with van der Waals surface area (Å²) in [5.74, 6) is 0.385. The Morgan fingerprint density at radius 1 is 1.22 bits per heavy atom. The van der Waals surface area contributed by atoms with Crippen molar-refractivity contribution >= 4 is 32.7 Å². The molecule has 0 radical (unpaired) electrons. The summed E-state index contributed by atoms with van der Waals surface area (Å²) >= 11 is 2.88. The van der Waals surface area contributed by atoms with E-state index in [0.717, 1.165) is 41.3 Å². The molecule has 1 saturated carbocycles. The summed E-state index contributed by atoms with van der Waals surface area (Å²) in [5, 5.41) is 2.95. The van der Waals surface area contributed by atoms with E-state index in [0.29, 0.717) is 10.1 Å². The number of rotatable bonds is 5. The minimum atomic E-state index is -3.41. The predicted molar refractivity (Wildman–Crippen MR) is 96.7 cm³/mol. The summed E-state index contributed by atoms with van der Waals surface area (Å²) in [5.41, 5.74) is 1.06. The Hall–Kier alpha value is -0.760. The molecule has 1 N–H and O–H groups in total. The zero-order chi connectivity index (χ0) is 16.4. The van der Waals surface area contributed by atoms with E-state index in [1.165, 1.54) is 17.8 Å². The van der Waals surface area contributed by atoms with Gasteiger partial charge in [0.2, 0.25) is 10.0 Å². The average molecular weight is 371 g/mol. The number of thiazole rings is 1. The molecule has 2 aromatic rings. The van der Waals surface area contributed by atoms with Crippen LogP contribution >= 0.6 is 22.7 Å². The number of aromatic nitrogens is 1. The molecule has 0 spiro atoms. The fourth-order valence-electron chi connectivity index (χ4n) is 2.74. The number of sulfonamides is 1. The van der Waals surface area contributed by atoms with Gasteiger partial charge in [-0.1, -0.05) is 33.1 Å². The molecule has 3 rings (SSSR count). The van der Waals surface area contributed by atoms with Gasteiger partial charge in [0.15, 0.2) is 0 Å². The summed E-state index contributed by atoms with van der Waals surface area (Å²) in [7, 11) is -3.41. The quantitative estimate of drug-likeness (QED) is 0.836. The van der Waals surface area contributed by atoms with Gasteiger partial charge >= 0.3 is 0 Å². The fourth-order valence-corrected chi connectivity index (χ4v) is 6.42. The SMILES string of the molecule is CC(C)c1csc(-c2ccc(S(=O)(=O)NC3CCCCC3)s2)n1. The largest absolute Gasteiger partial charge is 0.250 e. The van der Waals surface area contributed by atoms with Crippen LogP contribution in [0.3, 0.4) is 0 Å². The van der Waals surface area contributed by atoms with E-state index in [2.05, 4.69) is 23.6 Å². The van der Waals surface area contributed by atoms with Crippen molar-refractivity contribution in [3.8, 4) is 9.88 Å². The first kappa shape index (κ1) is 17.1. The Labute approximate surface area is 146 Å². The van der Waals surface area contributed by atoms with Crippen LogP contribution in [0, 0.1) is 0 Å². The molecule has 2 heterocycles. The standard InChI is InChI=1S/C16H22N2O2S3/c1-11(2)13-10-21-16(17-13)14-8-9-15(22-14)23(19,20)18-12-6-4-3-5-7-12/h8-12,18H,3-7H2,1-2H3. The van der Waals surface area contributed by atoms with Crippen LogP contribution in [0.2, 0.25) is 0 Å². The maximum absolute atomic E-state index is 12.5. The summed E-state index contributed by atoms with van der Waals surface area (Å²) in [6, 6.07) is 3.65. The smallest absolute Gasteiger partial charge is 0.240 e. The highest BCUT2D eigenvalue weighted by molar-refractivity contribution is 7.91. The van der Waals surface area contributed by atoms with Gasteiger partial charge in [0.1, 0.15) is 9.22 Å². The molecule has 0 unspecified atom stereocenters. The number of nitrogens with one attached hydrogen (secondary N) is 1. The van der Waals surface area contributed by atoms with Crippen molar-refractivity contribution in [2.24, 2.45) is 0 Å². The van der Waals surface area contributed by atoms with E-state index in [4.69, 9.17) is 0 Å². The van der Waals surface area contributed by atoms with Crippen molar-refractivity contribution in [3.05, 3.63) is 23.2 Å². The maximum Gasteiger partial charge on any atom is 0.250 e. The Balaban J connectivity index is 1.77. The van der Waals surface area contributed by atoms with E-state index >= 15 is 0 Å². The molecule has 1 fully saturated rings. The van der Waals surface area contributed by atoms with Gasteiger partial charge in [0.25, 0.3) is 0 Å². The van der Waals surface area contributed by atoms with Gasteiger partial charge in [-0.05, 0) is 30.9 Å². The summed E-state index contributed by atoms with van der Waals surface area (Å²) < 4.78 is 28.3. The van der Waals surface area contributed by atoms with Crippen LogP contribution in [0.15, 0.2) is 21.7 Å². The van der Waals surface area contributed by atoms with Crippen LogP contribution in [-0.2, 0) is 10.0 Å². The molecule has 0 amide bonds. The molecule has 0 aromatic carbocycles. The van der Waals surface area contributed by atoms with Crippen LogP contribution in [0.1, 0.15) is 57.6 Å². The minimum absolute atomic E-state index is 0.0895. The van der Waals surface area contributed by atoms with Crippen molar-refractivity contribution in [1.82, 2.24) is 9.71 Å². The Morgan fingerprint density at radius 3 is 2.61 bits per heavy atom. The molecule has 2 aromatic heterocycles. The van der Waals surface area contributed by atoms with Gasteiger partial charge in [-0.25, -0.2) is 18.1 Å². The molecule has 23 heavy (non-hydrogen) atoms. The highest BCUT2D eigenvalue weighted by atomic mass is 32.2. The molecule has 4 nitrogen and oxygen atoms in total. The third-order valence-corrected chi connectivity index (χ3v) is 8.22. The Bertz CT molecular complexity index is 756. The summed E-state index contributed by atoms with van der Waals surface area (Å²) in [6.45, 7) is 4.22. The van der Waals surface area contributed by atoms with Gasteiger partial charge in [0.05, 0.1) is 10.6 Å². The van der Waals surface area contributed by atoms with E-state index in [9.17, 15) is 8.42 Å². The molecule has 1 aliphatic rings. The van der Waals surface area contributed by atoms with Crippen molar-refractivity contribution in [2.45, 2.75) is 62.1 Å². The Morgan fingerprint density at radius 2 is 1.96 bits per heavy atom. The van der Waals surface area contributed by atoms with Gasteiger partial charge in [-0.15, -0.1) is 22.7 Å². The van der Waals surface area contributed by atoms with Gasteiger partial charge in [0, 0.05) is 11.4 Å². The lowest BCUT2D eigenvalue weighted by molar-refractivity contribution is 0.412. The van der Waals surface area contributed by atoms with Crippen molar-refractivity contribution in [1.29, 1.82) is 0 Å². The van der Waals surface area contributed by atoms with Gasteiger partial charge in [-0.2, -0.15) is 0 Å². The summed E-state index contributed by atoms with van der Waals surface area (Å²) in [6.07, 6.45) is 5.33. The van der Waals surface area contributed by atoms with E-state index < -0.39 is 10.0 Å². The molecular formula is C16H22N2O2S3. The topological polar surface area (TPSA) is 59.1 Å². The number of nitrogens with zero attached hydrogens (tertiary/aromatic N) is 1. The average Bonchev–Trinajstić information content (AvgIpc) is 3.17. The second kappa shape index (κ2) is 7.01. The highest BCUT2D eigenvalue weighted by Crippen LogP contribution is 2.34. The van der Waals surface area contributed by atoms with Gasteiger partial charge < -0.3 is 0 Å². The molecule has 0 atom stereocenters. The molecule has 1 aliphatic carbocycles. The monoisotopic (exact) mass is 370 g/mol. The highest BCUT2D eigenvalue weighted by Gasteiger charge is 2.23. The maximum atomic E-state index is 12.5. The minimum Gasteiger partial charge on any atom is -0.240 e. The molecule has 0 saturated heterocycles. The van der Waals surface area contributed by atoms with E-state index in [-0.39, 0.29) is 6.04 Å². The van der Waals surface area contributed by atoms with Crippen molar-refractivity contribution in [2.75, 3.05) is 0 Å². The lowest BCUT2D eigenvalue weighted by Crippen LogP contribution is -2.35. The zero-order valence-electron chi connectivity index (χ0n) is 13.4. The first-order valence-electron chi connectivity index (χ1n) is 8.03. The van der Waals surface area contributed by atoms with Crippen molar-refractivity contribution < 1.29 is 8.42 Å². The number of hydrogen-bond donors (Lipinski definition) is 1. The van der Waals surface area contributed by atoms with E-state index in [1.807, 2.05) is 11.4 Å². The van der Waals surface area contributed by atoms with Crippen LogP contribution in [0.5, 0.6) is 0 Å². The molecule has 0 bridgehead atoms. The van der Waals surface area contributed by atoms with Crippen molar-refractivity contribution in [3.63, 3.8) is 0 Å². The Kier molecular flexibility index (Phi) is 5.20. The molecule has 7 heteroatoms. The number of thiophene rings is 1. The fraction of sp³-hybridized carbons (Fsp3) is 0.562. The van der Waals surface area contributed by atoms with Gasteiger partial charge in [-0.3, -0.25) is 0 Å². The summed E-state index contributed by atoms with van der Waals surface area (Å²) in [4.78, 5) is 5.53. The van der Waals surface area contributed by atoms with Crippen LogP contribution in [-0.4, -0.2) is 19.4 Å². The van der Waals surface area contributed by atoms with Crippen LogP contribution < -0.4 is 4.72 Å². The third kappa shape index (κ3) is 4.02. The number of hydrogen-bond acceptors (Lipinski definition) is 5. The van der Waals surface area contributed by atoms with Crippen LogP contribution in [0.4, 0.5) is 0 Å². The lowest BCUT2D eigenvalue weighted by atomic mass is 9.96. The predicted octanol–water partition coefficient (Wildman–Crippen LogP) is 4.61. The van der Waals surface area contributed by atoms with E-state index in [1.54, 1.807) is 17.4 Å². The molecule has 126 valence electrons. The first-order valence-corrected chi connectivity index (χ1v) is 11.2. The zero-order valence-corrected chi connectivity index (χ0v) is 15.9. The lowest BCUT2D eigenvalue weighted by Gasteiger charge is -2.22. The second-order valence-electron chi connectivity index (χ2n) is 6.31. The third-order valence-electron chi connectivity index (χ3n) is 4.10. The first-order chi connectivity index (χ1) is 11.0. The second-order valence-corrected chi connectivity index (χ2v) is 10.2.